The van der Waals surface area contributed by atoms with Crippen LogP contribution in [-0.2, 0) is 20.9 Å². The zero-order valence-corrected chi connectivity index (χ0v) is 18.4. The third kappa shape index (κ3) is 3.19. The van der Waals surface area contributed by atoms with Crippen LogP contribution < -0.4 is 24.8 Å². The van der Waals surface area contributed by atoms with Gasteiger partial charge < -0.3 is 24.8 Å². The fraction of sp³-hybridized carbons (Fsp3) is 0.500. The van der Waals surface area contributed by atoms with Gasteiger partial charge in [0, 0.05) is 0 Å². The van der Waals surface area contributed by atoms with Gasteiger partial charge in [0.05, 0.1) is 0 Å². The first-order chi connectivity index (χ1) is 8.32. The minimum Gasteiger partial charge on any atom is -1.00 e. The van der Waals surface area contributed by atoms with Crippen molar-refractivity contribution in [3.05, 3.63) is 47.6 Å². The maximum absolute atomic E-state index is 2.59. The van der Waals surface area contributed by atoms with E-state index in [1.165, 1.54) is 0 Å². The van der Waals surface area contributed by atoms with Crippen LogP contribution in [0.2, 0.25) is 19.3 Å². The third-order valence-corrected chi connectivity index (χ3v) is 29.9. The number of halogens is 2. The topological polar surface area (TPSA) is 0 Å². The van der Waals surface area contributed by atoms with E-state index >= 15 is 0 Å². The van der Waals surface area contributed by atoms with Gasteiger partial charge in [0.2, 0.25) is 0 Å². The van der Waals surface area contributed by atoms with Gasteiger partial charge in [-0.2, -0.15) is 0 Å². The molecule has 0 saturated heterocycles. The van der Waals surface area contributed by atoms with Gasteiger partial charge in [0.15, 0.2) is 0 Å². The molecule has 0 heterocycles. The average Bonchev–Trinajstić information content (AvgIpc) is 2.74. The minimum absolute atomic E-state index is 0. The molecule has 0 nitrogen and oxygen atoms in total. The van der Waals surface area contributed by atoms with Crippen molar-refractivity contribution in [1.29, 1.82) is 0 Å². The van der Waals surface area contributed by atoms with Gasteiger partial charge in [-0.05, 0) is 0 Å². The molecule has 0 aliphatic heterocycles. The van der Waals surface area contributed by atoms with Crippen LogP contribution in [-0.4, -0.2) is 5.92 Å². The van der Waals surface area contributed by atoms with Crippen LogP contribution in [0, 0.1) is 0 Å². The summed E-state index contributed by atoms with van der Waals surface area (Å²) in [6.07, 6.45) is 14.3. The monoisotopic (exact) mass is 405 g/mol. The van der Waals surface area contributed by atoms with Crippen LogP contribution in [0.1, 0.15) is 27.7 Å². The Morgan fingerprint density at radius 3 is 1.40 bits per heavy atom. The Morgan fingerprint density at radius 2 is 1.20 bits per heavy atom. The second-order valence-electron chi connectivity index (χ2n) is 6.39. The van der Waals surface area contributed by atoms with Crippen molar-refractivity contribution in [2.45, 2.75) is 47.0 Å². The summed E-state index contributed by atoms with van der Waals surface area (Å²) < 4.78 is 0.891. The largest absolute Gasteiger partial charge is 1.00 e. The number of rotatable bonds is 3. The van der Waals surface area contributed by atoms with Gasteiger partial charge in [-0.3, -0.25) is 0 Å². The molecule has 0 saturated carbocycles. The average molecular weight is 408 g/mol. The first-order valence-electron chi connectivity index (χ1n) is 6.93. The second kappa shape index (κ2) is 7.27. The molecule has 0 bridgehead atoms. The van der Waals surface area contributed by atoms with Crippen molar-refractivity contribution in [1.82, 2.24) is 0 Å². The first kappa shape index (κ1) is 20.6. The van der Waals surface area contributed by atoms with Crippen LogP contribution in [0.3, 0.4) is 0 Å². The summed E-state index contributed by atoms with van der Waals surface area (Å²) in [5, 5.41) is 0. The Labute approximate surface area is 145 Å². The first-order valence-corrected chi connectivity index (χ1v) is 16.5. The number of hydrogen-bond acceptors (Lipinski definition) is 0. The molecule has 0 aromatic rings. The van der Waals surface area contributed by atoms with Gasteiger partial charge in [0.25, 0.3) is 0 Å². The van der Waals surface area contributed by atoms with Crippen molar-refractivity contribution in [2.24, 2.45) is 0 Å². The molecule has 0 aromatic heterocycles. The van der Waals surface area contributed by atoms with E-state index in [1.54, 1.807) is 11.1 Å². The molecule has 2 atom stereocenters. The van der Waals surface area contributed by atoms with E-state index in [-0.39, 0.29) is 24.8 Å². The fourth-order valence-corrected chi connectivity index (χ4v) is 34.1. The maximum atomic E-state index is 2.59. The smallest absolute Gasteiger partial charge is 1.00 e. The summed E-state index contributed by atoms with van der Waals surface area (Å²) in [5.74, 6) is -0.590. The summed E-state index contributed by atoms with van der Waals surface area (Å²) in [4.78, 5) is 0. The van der Waals surface area contributed by atoms with E-state index in [1.807, 2.05) is 0 Å². The van der Waals surface area contributed by atoms with Gasteiger partial charge in [-0.15, -0.1) is 0 Å². The molecule has 0 radical (unpaired) electrons. The van der Waals surface area contributed by atoms with Crippen LogP contribution >= 0.6 is 0 Å². The summed E-state index contributed by atoms with van der Waals surface area (Å²) in [5.41, 5.74) is 3.24. The van der Waals surface area contributed by atoms with Crippen LogP contribution in [0.15, 0.2) is 47.6 Å². The second-order valence-corrected chi connectivity index (χ2v) is 27.8. The third-order valence-electron chi connectivity index (χ3n) is 4.89. The zero-order chi connectivity index (χ0) is 13.6. The van der Waals surface area contributed by atoms with Gasteiger partial charge >= 0.3 is 121 Å². The number of hydrogen-bond donors (Lipinski definition) is 0. The van der Waals surface area contributed by atoms with E-state index in [2.05, 4.69) is 77.2 Å². The molecular formula is C16H25Cl2SiZr. The van der Waals surface area contributed by atoms with Crippen molar-refractivity contribution < 1.29 is 45.7 Å². The Bertz CT molecular complexity index is 439. The predicted octanol–water partition coefficient (Wildman–Crippen LogP) is -1.01. The molecule has 2 unspecified atom stereocenters. The van der Waals surface area contributed by atoms with Crippen LogP contribution in [0.5, 0.6) is 0 Å². The van der Waals surface area contributed by atoms with Crippen molar-refractivity contribution in [3.63, 3.8) is 0 Å². The predicted molar refractivity (Wildman–Crippen MR) is 81.4 cm³/mol. The molecule has 0 N–H and O–H groups in total. The molecular weight excluding hydrogens is 382 g/mol. The van der Waals surface area contributed by atoms with Gasteiger partial charge in [0.1, 0.15) is 0 Å². The summed E-state index contributed by atoms with van der Waals surface area (Å²) in [6, 6.07) is 0. The molecule has 0 aromatic carbocycles. The molecule has 4 heteroatoms. The quantitative estimate of drug-likeness (QED) is 0.526. The Morgan fingerprint density at radius 1 is 0.850 bits per heavy atom. The Hall–Kier alpha value is 0.640. The normalized spacial score (nSPS) is 30.8. The van der Waals surface area contributed by atoms with E-state index in [9.17, 15) is 0 Å². The summed E-state index contributed by atoms with van der Waals surface area (Å²) >= 11 is -1.63. The van der Waals surface area contributed by atoms with E-state index in [0.717, 1.165) is 0 Å². The van der Waals surface area contributed by atoms with Crippen molar-refractivity contribution >= 4 is 5.92 Å². The van der Waals surface area contributed by atoms with Gasteiger partial charge in [-0.25, -0.2) is 0 Å². The van der Waals surface area contributed by atoms with Gasteiger partial charge in [-0.1, -0.05) is 0 Å². The fourth-order valence-electron chi connectivity index (χ4n) is 3.72. The zero-order valence-electron chi connectivity index (χ0n) is 13.3. The molecule has 20 heavy (non-hydrogen) atoms. The molecule has 2 aliphatic carbocycles. The molecule has 0 spiro atoms. The van der Waals surface area contributed by atoms with Crippen molar-refractivity contribution in [3.8, 4) is 0 Å². The molecule has 0 amide bonds. The summed E-state index contributed by atoms with van der Waals surface area (Å²) in [7, 11) is 0. The molecule has 2 aliphatic rings. The molecule has 111 valence electrons. The standard InChI is InChI=1S/2C7H9.C2H7Si.2ClH.Zr/c2*1-6-4-3-5-7(6)2;1-3-2;;;/h2*3-5H,1-2H3;3H,1-2H3;2*1H;/q;;;;;+2/p-2. The Balaban J connectivity index is 0.00000180. The molecule has 0 fully saturated rings. The van der Waals surface area contributed by atoms with E-state index < -0.39 is 26.8 Å². The van der Waals surface area contributed by atoms with E-state index in [0.29, 0.717) is 6.25 Å². The SMILES string of the molecule is CC1=CC=C[C]1(C)[Zr+2]([SiH](C)C)[C]1(C)C=CC=C1C.[Cl-].[Cl-]. The molecule has 2 rings (SSSR count). The van der Waals surface area contributed by atoms with Crippen LogP contribution in [0.25, 0.3) is 0 Å². The van der Waals surface area contributed by atoms with Crippen LogP contribution in [0.4, 0.5) is 0 Å². The maximum Gasteiger partial charge on any atom is -1.00 e. The number of allylic oxidation sites excluding steroid dienone is 8. The minimum atomic E-state index is -1.63. The van der Waals surface area contributed by atoms with Crippen molar-refractivity contribution in [2.75, 3.05) is 0 Å². The van der Waals surface area contributed by atoms with E-state index in [4.69, 9.17) is 0 Å². The summed E-state index contributed by atoms with van der Waals surface area (Å²) in [6.45, 7) is 14.9. The Kier molecular flexibility index (Phi) is 7.50.